The molecule has 7 N–H and O–H groups in total. The molecule has 0 fully saturated rings. The molecule has 0 aliphatic heterocycles. The molecule has 10 heteroatoms. The van der Waals surface area contributed by atoms with Gasteiger partial charge in [-0.3, -0.25) is 19.6 Å². The molecule has 3 aromatic carbocycles. The van der Waals surface area contributed by atoms with Crippen LogP contribution in [0.5, 0.6) is 0 Å². The van der Waals surface area contributed by atoms with E-state index in [2.05, 4.69) is 27.8 Å². The highest BCUT2D eigenvalue weighted by atomic mass is 19.1. The predicted molar refractivity (Wildman–Crippen MR) is 136 cm³/mol. The van der Waals surface area contributed by atoms with Crippen LogP contribution >= 0.6 is 0 Å². The molecule has 0 spiro atoms. The molecule has 3 amide bonds. The van der Waals surface area contributed by atoms with Gasteiger partial charge in [0.1, 0.15) is 11.9 Å². The van der Waals surface area contributed by atoms with E-state index in [1.807, 2.05) is 0 Å². The molecular formula is C27H26FN5O4. The van der Waals surface area contributed by atoms with E-state index in [-0.39, 0.29) is 24.8 Å². The summed E-state index contributed by atoms with van der Waals surface area (Å²) >= 11 is 0. The summed E-state index contributed by atoms with van der Waals surface area (Å²) in [4.78, 5) is 35.8. The first-order valence-corrected chi connectivity index (χ1v) is 11.3. The zero-order valence-electron chi connectivity index (χ0n) is 19.8. The number of carbonyl (C=O) groups excluding carboxylic acids is 3. The number of nitrogens with one attached hydrogen (secondary N) is 4. The van der Waals surface area contributed by atoms with Gasteiger partial charge in [0.25, 0.3) is 11.8 Å². The number of anilines is 1. The lowest BCUT2D eigenvalue weighted by atomic mass is 10.1. The van der Waals surface area contributed by atoms with Gasteiger partial charge < -0.3 is 21.7 Å². The van der Waals surface area contributed by atoms with Crippen molar-refractivity contribution in [1.29, 1.82) is 0 Å². The van der Waals surface area contributed by atoms with Gasteiger partial charge in [-0.25, -0.2) is 9.87 Å². The quantitative estimate of drug-likeness (QED) is 0.148. The fourth-order valence-corrected chi connectivity index (χ4v) is 3.16. The zero-order chi connectivity index (χ0) is 26.6. The average Bonchev–Trinajstić information content (AvgIpc) is 2.92. The van der Waals surface area contributed by atoms with Crippen molar-refractivity contribution in [3.63, 3.8) is 0 Å². The van der Waals surface area contributed by atoms with Gasteiger partial charge in [0, 0.05) is 35.5 Å². The van der Waals surface area contributed by atoms with E-state index >= 15 is 0 Å². The second-order valence-electron chi connectivity index (χ2n) is 7.92. The van der Waals surface area contributed by atoms with E-state index < -0.39 is 17.9 Å². The van der Waals surface area contributed by atoms with Crippen LogP contribution < -0.4 is 27.2 Å². The lowest BCUT2D eigenvalue weighted by Gasteiger charge is -2.14. The first-order valence-electron chi connectivity index (χ1n) is 11.3. The third-order valence-electron chi connectivity index (χ3n) is 5.16. The SMILES string of the molecule is NC[C@H](NC(=O)c1ccc(C#Cc2ccc(NC(=O)CNCc3ccc(F)cc3)cc2)cc1)C(=O)NO. The van der Waals surface area contributed by atoms with Crippen LogP contribution in [0.25, 0.3) is 0 Å². The highest BCUT2D eigenvalue weighted by Gasteiger charge is 2.19. The topological polar surface area (TPSA) is 146 Å². The average molecular weight is 504 g/mol. The van der Waals surface area contributed by atoms with Gasteiger partial charge >= 0.3 is 0 Å². The number of hydrogen-bond acceptors (Lipinski definition) is 6. The van der Waals surface area contributed by atoms with Crippen LogP contribution in [0.3, 0.4) is 0 Å². The summed E-state index contributed by atoms with van der Waals surface area (Å²) in [6, 6.07) is 18.5. The summed E-state index contributed by atoms with van der Waals surface area (Å²) in [6.45, 7) is 0.385. The molecule has 0 aromatic heterocycles. The number of amides is 3. The molecule has 0 saturated heterocycles. The molecule has 3 rings (SSSR count). The first kappa shape index (κ1) is 27.0. The predicted octanol–water partition coefficient (Wildman–Crippen LogP) is 1.52. The molecule has 0 bridgehead atoms. The lowest BCUT2D eigenvalue weighted by molar-refractivity contribution is -0.130. The van der Waals surface area contributed by atoms with Crippen LogP contribution in [0, 0.1) is 17.7 Å². The van der Waals surface area contributed by atoms with Crippen molar-refractivity contribution < 1.29 is 24.0 Å². The smallest absolute Gasteiger partial charge is 0.267 e. The van der Waals surface area contributed by atoms with E-state index in [1.54, 1.807) is 60.7 Å². The van der Waals surface area contributed by atoms with Gasteiger partial charge in [0.05, 0.1) is 6.54 Å². The number of hydroxylamine groups is 1. The summed E-state index contributed by atoms with van der Waals surface area (Å²) in [6.07, 6.45) is 0. The second kappa shape index (κ2) is 13.5. The normalized spacial score (nSPS) is 11.0. The summed E-state index contributed by atoms with van der Waals surface area (Å²) in [5, 5.41) is 16.9. The Morgan fingerprint density at radius 1 is 0.892 bits per heavy atom. The van der Waals surface area contributed by atoms with E-state index in [1.165, 1.54) is 17.6 Å². The standard InChI is InChI=1S/C27H26FN5O4/c28-22-11-5-20(6-12-22)16-30-17-25(34)31-23-13-7-19(8-14-23)2-1-18-3-9-21(10-4-18)26(35)32-24(15-29)27(36)33-37/h3-14,24,30,37H,15-17,29H2,(H,31,34)(H,32,35)(H,33,36)/t24-/m0/s1. The molecule has 37 heavy (non-hydrogen) atoms. The van der Waals surface area contributed by atoms with Crippen LogP contribution in [-0.2, 0) is 16.1 Å². The largest absolute Gasteiger partial charge is 0.339 e. The molecule has 0 saturated carbocycles. The fourth-order valence-electron chi connectivity index (χ4n) is 3.16. The van der Waals surface area contributed by atoms with Crippen LogP contribution in [0.15, 0.2) is 72.8 Å². The molecule has 3 aromatic rings. The minimum atomic E-state index is -1.05. The summed E-state index contributed by atoms with van der Waals surface area (Å²) < 4.78 is 12.9. The van der Waals surface area contributed by atoms with E-state index in [0.29, 0.717) is 23.4 Å². The fraction of sp³-hybridized carbons (Fsp3) is 0.148. The molecule has 0 aliphatic rings. The van der Waals surface area contributed by atoms with Gasteiger partial charge in [-0.2, -0.15) is 0 Å². The number of nitrogens with two attached hydrogens (primary N) is 1. The minimum absolute atomic E-state index is 0.106. The highest BCUT2D eigenvalue weighted by Crippen LogP contribution is 2.10. The number of benzene rings is 3. The van der Waals surface area contributed by atoms with Crippen molar-refractivity contribution in [1.82, 2.24) is 16.1 Å². The summed E-state index contributed by atoms with van der Waals surface area (Å²) in [7, 11) is 0. The molecule has 9 nitrogen and oxygen atoms in total. The maximum atomic E-state index is 12.9. The number of hydrogen-bond donors (Lipinski definition) is 6. The van der Waals surface area contributed by atoms with E-state index in [0.717, 1.165) is 11.1 Å². The molecule has 0 unspecified atom stereocenters. The van der Waals surface area contributed by atoms with Crippen molar-refractivity contribution in [3.05, 3.63) is 101 Å². The number of rotatable bonds is 9. The Labute approximate surface area is 213 Å². The van der Waals surface area contributed by atoms with Crippen LogP contribution in [0.4, 0.5) is 10.1 Å². The van der Waals surface area contributed by atoms with E-state index in [9.17, 15) is 18.8 Å². The Balaban J connectivity index is 1.48. The Kier molecular flexibility index (Phi) is 9.87. The molecular weight excluding hydrogens is 477 g/mol. The first-order chi connectivity index (χ1) is 17.9. The maximum Gasteiger partial charge on any atom is 0.267 e. The lowest BCUT2D eigenvalue weighted by Crippen LogP contribution is -2.50. The van der Waals surface area contributed by atoms with Crippen molar-refractivity contribution in [2.24, 2.45) is 5.73 Å². The second-order valence-corrected chi connectivity index (χ2v) is 7.92. The van der Waals surface area contributed by atoms with Gasteiger partial charge in [0.2, 0.25) is 5.91 Å². The summed E-state index contributed by atoms with van der Waals surface area (Å²) in [5.74, 6) is 4.18. The maximum absolute atomic E-state index is 12.9. The Morgan fingerprint density at radius 2 is 1.49 bits per heavy atom. The Hall–Kier alpha value is -4.56. The summed E-state index contributed by atoms with van der Waals surface area (Å²) in [5.41, 5.74) is 10.1. The number of carbonyl (C=O) groups is 3. The molecule has 190 valence electrons. The van der Waals surface area contributed by atoms with Gasteiger partial charge in [0.15, 0.2) is 0 Å². The van der Waals surface area contributed by atoms with Crippen LogP contribution in [-0.4, -0.2) is 42.1 Å². The van der Waals surface area contributed by atoms with Crippen molar-refractivity contribution in [2.45, 2.75) is 12.6 Å². The van der Waals surface area contributed by atoms with Gasteiger partial charge in [-0.05, 0) is 66.2 Å². The Bertz CT molecular complexity index is 1280. The van der Waals surface area contributed by atoms with Crippen LogP contribution in [0.1, 0.15) is 27.0 Å². The van der Waals surface area contributed by atoms with Crippen LogP contribution in [0.2, 0.25) is 0 Å². The third-order valence-corrected chi connectivity index (χ3v) is 5.16. The monoisotopic (exact) mass is 503 g/mol. The third kappa shape index (κ3) is 8.55. The molecule has 0 radical (unpaired) electrons. The van der Waals surface area contributed by atoms with Crippen molar-refractivity contribution >= 4 is 23.4 Å². The molecule has 0 heterocycles. The minimum Gasteiger partial charge on any atom is -0.339 e. The Morgan fingerprint density at radius 3 is 2.05 bits per heavy atom. The number of halogens is 1. The van der Waals surface area contributed by atoms with Crippen molar-refractivity contribution in [2.75, 3.05) is 18.4 Å². The molecule has 0 aliphatic carbocycles. The van der Waals surface area contributed by atoms with Gasteiger partial charge in [-0.15, -0.1) is 0 Å². The highest BCUT2D eigenvalue weighted by molar-refractivity contribution is 5.97. The van der Waals surface area contributed by atoms with Crippen molar-refractivity contribution in [3.8, 4) is 11.8 Å². The van der Waals surface area contributed by atoms with Gasteiger partial charge in [-0.1, -0.05) is 24.0 Å². The molecule has 1 atom stereocenters. The van der Waals surface area contributed by atoms with E-state index in [4.69, 9.17) is 10.9 Å². The zero-order valence-corrected chi connectivity index (χ0v) is 19.8.